The number of nitrogens with zero attached hydrogens (tertiary/aromatic N) is 4. The molecule has 0 aromatic carbocycles. The van der Waals surface area contributed by atoms with E-state index < -0.39 is 0 Å². The third-order valence-electron chi connectivity index (χ3n) is 3.84. The smallest absolute Gasteiger partial charge is 0.256 e. The summed E-state index contributed by atoms with van der Waals surface area (Å²) in [6, 6.07) is 0. The van der Waals surface area contributed by atoms with Crippen LogP contribution in [-0.4, -0.2) is 33.1 Å². The van der Waals surface area contributed by atoms with Gasteiger partial charge in [0.2, 0.25) is 0 Å². The van der Waals surface area contributed by atoms with Crippen molar-refractivity contribution in [2.24, 2.45) is 13.0 Å². The lowest BCUT2D eigenvalue weighted by atomic mass is 10.0. The molecular formula is C14H21N5O2. The maximum Gasteiger partial charge on any atom is 0.256 e. The lowest BCUT2D eigenvalue weighted by molar-refractivity contribution is 0.0623. The Labute approximate surface area is 123 Å². The second-order valence-corrected chi connectivity index (χ2v) is 5.56. The van der Waals surface area contributed by atoms with Gasteiger partial charge in [0, 0.05) is 44.4 Å². The minimum absolute atomic E-state index is 0.0892. The van der Waals surface area contributed by atoms with Crippen LogP contribution in [0.5, 0.6) is 0 Å². The van der Waals surface area contributed by atoms with E-state index in [-0.39, 0.29) is 6.10 Å². The van der Waals surface area contributed by atoms with E-state index in [0.717, 1.165) is 31.8 Å². The Bertz CT molecular complexity index is 606. The van der Waals surface area contributed by atoms with Crippen LogP contribution in [0.1, 0.15) is 35.5 Å². The van der Waals surface area contributed by atoms with Gasteiger partial charge in [-0.3, -0.25) is 4.68 Å². The summed E-state index contributed by atoms with van der Waals surface area (Å²) in [7, 11) is 1.94. The number of ether oxygens (including phenoxy) is 1. The molecule has 0 unspecified atom stereocenters. The predicted molar refractivity (Wildman–Crippen MR) is 75.5 cm³/mol. The molecule has 3 rings (SSSR count). The van der Waals surface area contributed by atoms with Crippen molar-refractivity contribution in [3.8, 4) is 0 Å². The zero-order valence-corrected chi connectivity index (χ0v) is 12.7. The van der Waals surface area contributed by atoms with Crippen molar-refractivity contribution >= 4 is 0 Å². The molecule has 7 heteroatoms. The topological polar surface area (TPSA) is 78.0 Å². The van der Waals surface area contributed by atoms with E-state index in [4.69, 9.17) is 9.26 Å². The van der Waals surface area contributed by atoms with Crippen LogP contribution in [0.25, 0.3) is 0 Å². The van der Waals surface area contributed by atoms with Crippen molar-refractivity contribution < 1.29 is 9.26 Å². The third-order valence-corrected chi connectivity index (χ3v) is 3.84. The standard InChI is InChI=1S/C14H21N5O2/c1-9-12(8-19(3)17-9)7-15-6-11-4-5-20-13(11)14-16-10(2)18-21-14/h8,11,13,15H,4-7H2,1-3H3/t11-,13-/m0/s1. The summed E-state index contributed by atoms with van der Waals surface area (Å²) in [5.41, 5.74) is 2.29. The van der Waals surface area contributed by atoms with Gasteiger partial charge in [-0.1, -0.05) is 5.16 Å². The molecule has 2 aromatic heterocycles. The van der Waals surface area contributed by atoms with Gasteiger partial charge in [-0.05, 0) is 20.3 Å². The summed E-state index contributed by atoms with van der Waals surface area (Å²) in [5.74, 6) is 1.61. The van der Waals surface area contributed by atoms with E-state index in [2.05, 4.69) is 20.6 Å². The van der Waals surface area contributed by atoms with Crippen molar-refractivity contribution in [2.45, 2.75) is 32.9 Å². The summed E-state index contributed by atoms with van der Waals surface area (Å²) >= 11 is 0. The van der Waals surface area contributed by atoms with E-state index in [1.165, 1.54) is 5.56 Å². The Morgan fingerprint density at radius 3 is 2.95 bits per heavy atom. The van der Waals surface area contributed by atoms with E-state index in [9.17, 15) is 0 Å². The van der Waals surface area contributed by atoms with Crippen molar-refractivity contribution in [1.82, 2.24) is 25.2 Å². The quantitative estimate of drug-likeness (QED) is 0.894. The first kappa shape index (κ1) is 14.2. The summed E-state index contributed by atoms with van der Waals surface area (Å²) in [6.45, 7) is 6.26. The van der Waals surface area contributed by atoms with E-state index in [1.807, 2.05) is 31.8 Å². The van der Waals surface area contributed by atoms with E-state index >= 15 is 0 Å². The molecule has 0 spiro atoms. The monoisotopic (exact) mass is 291 g/mol. The molecule has 1 aliphatic rings. The van der Waals surface area contributed by atoms with E-state index in [1.54, 1.807) is 0 Å². The fourth-order valence-electron chi connectivity index (χ4n) is 2.76. The van der Waals surface area contributed by atoms with Crippen LogP contribution >= 0.6 is 0 Å². The highest BCUT2D eigenvalue weighted by atomic mass is 16.5. The average molecular weight is 291 g/mol. The van der Waals surface area contributed by atoms with Gasteiger partial charge >= 0.3 is 0 Å². The van der Waals surface area contributed by atoms with Gasteiger partial charge in [-0.25, -0.2) is 0 Å². The SMILES string of the molecule is Cc1noc([C@H]2OCC[C@H]2CNCc2cn(C)nc2C)n1. The molecule has 0 aliphatic carbocycles. The minimum Gasteiger partial charge on any atom is -0.368 e. The summed E-state index contributed by atoms with van der Waals surface area (Å²) in [5, 5.41) is 11.7. The first-order valence-corrected chi connectivity index (χ1v) is 7.25. The maximum atomic E-state index is 5.74. The van der Waals surface area contributed by atoms with Gasteiger partial charge < -0.3 is 14.6 Å². The molecule has 0 amide bonds. The highest BCUT2D eigenvalue weighted by Gasteiger charge is 2.33. The largest absolute Gasteiger partial charge is 0.368 e. The van der Waals surface area contributed by atoms with Gasteiger partial charge in [-0.15, -0.1) is 0 Å². The number of aromatic nitrogens is 4. The number of nitrogens with one attached hydrogen (secondary N) is 1. The molecule has 1 aliphatic heterocycles. The molecule has 0 saturated carbocycles. The minimum atomic E-state index is -0.0892. The zero-order chi connectivity index (χ0) is 14.8. The van der Waals surface area contributed by atoms with Crippen LogP contribution in [0.3, 0.4) is 0 Å². The van der Waals surface area contributed by atoms with Crippen LogP contribution in [0.2, 0.25) is 0 Å². The lowest BCUT2D eigenvalue weighted by Gasteiger charge is -2.15. The molecule has 0 bridgehead atoms. The molecule has 3 heterocycles. The van der Waals surface area contributed by atoms with Crippen LogP contribution < -0.4 is 5.32 Å². The molecule has 2 aromatic rings. The summed E-state index contributed by atoms with van der Waals surface area (Å²) in [6.07, 6.45) is 2.96. The second-order valence-electron chi connectivity index (χ2n) is 5.56. The molecule has 1 N–H and O–H groups in total. The van der Waals surface area contributed by atoms with Crippen molar-refractivity contribution in [2.75, 3.05) is 13.2 Å². The Morgan fingerprint density at radius 1 is 1.43 bits per heavy atom. The second kappa shape index (κ2) is 5.95. The predicted octanol–water partition coefficient (Wildman–Crippen LogP) is 1.29. The number of hydrogen-bond acceptors (Lipinski definition) is 6. The molecule has 2 atom stereocenters. The first-order chi connectivity index (χ1) is 10.1. The van der Waals surface area contributed by atoms with Crippen LogP contribution in [0, 0.1) is 19.8 Å². The van der Waals surface area contributed by atoms with Crippen molar-refractivity contribution in [1.29, 1.82) is 0 Å². The molecule has 21 heavy (non-hydrogen) atoms. The van der Waals surface area contributed by atoms with Crippen LogP contribution in [-0.2, 0) is 18.3 Å². The van der Waals surface area contributed by atoms with Crippen molar-refractivity contribution in [3.05, 3.63) is 29.2 Å². The Kier molecular flexibility index (Phi) is 4.03. The fourth-order valence-corrected chi connectivity index (χ4v) is 2.76. The average Bonchev–Trinajstić information content (AvgIpc) is 3.11. The van der Waals surface area contributed by atoms with Gasteiger partial charge in [0.25, 0.3) is 5.89 Å². The normalized spacial score (nSPS) is 22.0. The van der Waals surface area contributed by atoms with Gasteiger partial charge in [0.05, 0.1) is 5.69 Å². The van der Waals surface area contributed by atoms with Gasteiger partial charge in [0.1, 0.15) is 6.10 Å². The molecule has 1 fully saturated rings. The van der Waals surface area contributed by atoms with Gasteiger partial charge in [-0.2, -0.15) is 10.1 Å². The Balaban J connectivity index is 1.56. The van der Waals surface area contributed by atoms with E-state index in [0.29, 0.717) is 17.6 Å². The fraction of sp³-hybridized carbons (Fsp3) is 0.643. The Hall–Kier alpha value is -1.73. The first-order valence-electron chi connectivity index (χ1n) is 7.25. The Morgan fingerprint density at radius 2 is 2.29 bits per heavy atom. The molecule has 114 valence electrons. The van der Waals surface area contributed by atoms with Crippen LogP contribution in [0.4, 0.5) is 0 Å². The van der Waals surface area contributed by atoms with Crippen LogP contribution in [0.15, 0.2) is 10.7 Å². The van der Waals surface area contributed by atoms with Gasteiger partial charge in [0.15, 0.2) is 5.82 Å². The number of hydrogen-bond donors (Lipinski definition) is 1. The zero-order valence-electron chi connectivity index (χ0n) is 12.7. The maximum absolute atomic E-state index is 5.74. The number of rotatable bonds is 5. The highest BCUT2D eigenvalue weighted by Crippen LogP contribution is 2.33. The number of aryl methyl sites for hydroxylation is 3. The molecule has 1 saturated heterocycles. The third kappa shape index (κ3) is 3.14. The highest BCUT2D eigenvalue weighted by molar-refractivity contribution is 5.14. The molecule has 7 nitrogen and oxygen atoms in total. The molecule has 0 radical (unpaired) electrons. The lowest BCUT2D eigenvalue weighted by Crippen LogP contribution is -2.24. The summed E-state index contributed by atoms with van der Waals surface area (Å²) in [4.78, 5) is 4.28. The molecular weight excluding hydrogens is 270 g/mol. The van der Waals surface area contributed by atoms with Crippen molar-refractivity contribution in [3.63, 3.8) is 0 Å². The summed E-state index contributed by atoms with van der Waals surface area (Å²) < 4.78 is 12.8.